The van der Waals surface area contributed by atoms with Crippen molar-refractivity contribution in [2.75, 3.05) is 7.11 Å². The normalized spacial score (nSPS) is 14.1. The molecule has 0 bridgehead atoms. The second-order valence-corrected chi connectivity index (χ2v) is 7.73. The van der Waals surface area contributed by atoms with Crippen LogP contribution in [0.3, 0.4) is 0 Å². The number of nitrogens with zero attached hydrogens (tertiary/aromatic N) is 1. The van der Waals surface area contributed by atoms with E-state index in [1.54, 1.807) is 17.7 Å². The quantitative estimate of drug-likeness (QED) is 0.375. The summed E-state index contributed by atoms with van der Waals surface area (Å²) in [5, 5.41) is 21.1. The fourth-order valence-electron chi connectivity index (χ4n) is 2.72. The predicted octanol–water partition coefficient (Wildman–Crippen LogP) is 0.913. The Morgan fingerprint density at radius 1 is 1.11 bits per heavy atom. The molecule has 0 unspecified atom stereocenters. The molecule has 0 saturated heterocycles. The zero-order chi connectivity index (χ0) is 18.3. The zero-order valence-electron chi connectivity index (χ0n) is 14.0. The molecule has 27 heavy (non-hydrogen) atoms. The van der Waals surface area contributed by atoms with Crippen LogP contribution in [0.25, 0.3) is 17.3 Å². The van der Waals surface area contributed by atoms with Crippen LogP contribution < -0.4 is 21.7 Å². The molecule has 0 radical (unpaired) electrons. The molecule has 0 fully saturated rings. The molecule has 1 aliphatic heterocycles. The van der Waals surface area contributed by atoms with E-state index >= 15 is 0 Å². The van der Waals surface area contributed by atoms with E-state index in [9.17, 15) is 15.0 Å². The number of para-hydroxylation sites is 1. The number of methoxy groups -OCH3 is 1. The predicted molar refractivity (Wildman–Crippen MR) is 101 cm³/mol. The standard InChI is InChI=1S/C19H13NO4S2.ClH/c1-24-16-5-3-2-4-12(16)9-17-18(23)20-13(10-25-19(20)26-17)11-6-7-14(21)15(22)8-11;/h2-10H,1H3,(H-,21,22);1H/b17-9-;. The van der Waals surface area contributed by atoms with E-state index in [0.717, 1.165) is 9.90 Å². The Balaban J connectivity index is 0.00000210. The van der Waals surface area contributed by atoms with Gasteiger partial charge in [-0.05, 0) is 30.3 Å². The summed E-state index contributed by atoms with van der Waals surface area (Å²) in [6.07, 6.45) is 1.82. The molecule has 2 N–H and O–H groups in total. The van der Waals surface area contributed by atoms with E-state index in [0.29, 0.717) is 21.9 Å². The van der Waals surface area contributed by atoms with Gasteiger partial charge in [0.05, 0.1) is 18.1 Å². The number of thiazole rings is 1. The molecular formula is C19H14ClNO4S2. The van der Waals surface area contributed by atoms with Crippen LogP contribution in [0.2, 0.25) is 0 Å². The van der Waals surface area contributed by atoms with Crippen molar-refractivity contribution in [3.05, 3.63) is 58.3 Å². The minimum Gasteiger partial charge on any atom is -1.00 e. The van der Waals surface area contributed by atoms with E-state index in [2.05, 4.69) is 0 Å². The molecule has 8 heteroatoms. The number of phenolic OH excluding ortho intramolecular Hbond substituents is 2. The largest absolute Gasteiger partial charge is 1.00 e. The molecule has 0 aliphatic carbocycles. The van der Waals surface area contributed by atoms with Gasteiger partial charge in [0.2, 0.25) is 5.69 Å². The van der Waals surface area contributed by atoms with E-state index in [1.807, 2.05) is 35.7 Å². The van der Waals surface area contributed by atoms with Crippen molar-refractivity contribution in [1.82, 2.24) is 0 Å². The van der Waals surface area contributed by atoms with Crippen LogP contribution in [0.15, 0.2) is 57.1 Å². The Morgan fingerprint density at radius 2 is 1.89 bits per heavy atom. The van der Waals surface area contributed by atoms with Gasteiger partial charge in [-0.2, -0.15) is 0 Å². The number of thioether (sulfide) groups is 1. The van der Waals surface area contributed by atoms with Gasteiger partial charge in [-0.1, -0.05) is 29.5 Å². The first kappa shape index (κ1) is 19.3. The number of fused-ring (bicyclic) bond motifs is 1. The molecule has 2 heterocycles. The number of hydrogen-bond acceptors (Lipinski definition) is 6. The van der Waals surface area contributed by atoms with E-state index < -0.39 is 0 Å². The molecule has 0 amide bonds. The van der Waals surface area contributed by atoms with Crippen LogP contribution in [0, 0.1) is 0 Å². The number of aromatic nitrogens is 1. The lowest BCUT2D eigenvalue weighted by molar-refractivity contribution is -0.588. The van der Waals surface area contributed by atoms with Gasteiger partial charge in [0, 0.05) is 17.3 Å². The van der Waals surface area contributed by atoms with Crippen LogP contribution in [0.5, 0.6) is 17.2 Å². The van der Waals surface area contributed by atoms with Gasteiger partial charge in [0.15, 0.2) is 11.5 Å². The van der Waals surface area contributed by atoms with Crippen molar-refractivity contribution >= 4 is 35.1 Å². The highest BCUT2D eigenvalue weighted by atomic mass is 35.5. The first-order valence-electron chi connectivity index (χ1n) is 7.71. The average molecular weight is 420 g/mol. The van der Waals surface area contributed by atoms with Gasteiger partial charge >= 0.3 is 10.2 Å². The number of rotatable bonds is 3. The van der Waals surface area contributed by atoms with Gasteiger partial charge in [0.25, 0.3) is 0 Å². The second kappa shape index (κ2) is 7.64. The number of halogens is 1. The van der Waals surface area contributed by atoms with Gasteiger partial charge in [-0.15, -0.1) is 4.57 Å². The lowest BCUT2D eigenvalue weighted by Crippen LogP contribution is -3.00. The Labute approximate surface area is 170 Å². The maximum absolute atomic E-state index is 12.9. The molecule has 2 aromatic carbocycles. The van der Waals surface area contributed by atoms with Crippen molar-refractivity contribution in [3.63, 3.8) is 0 Å². The van der Waals surface area contributed by atoms with Gasteiger partial charge < -0.3 is 27.4 Å². The molecule has 5 nitrogen and oxygen atoms in total. The smallest absolute Gasteiger partial charge is 0.433 e. The molecule has 0 spiro atoms. The third kappa shape index (κ3) is 3.41. The maximum atomic E-state index is 12.9. The van der Waals surface area contributed by atoms with E-state index in [4.69, 9.17) is 4.74 Å². The third-order valence-electron chi connectivity index (χ3n) is 4.00. The number of carbonyl (C=O) groups is 1. The number of hydrogen-bond donors (Lipinski definition) is 2. The van der Waals surface area contributed by atoms with Gasteiger partial charge in [-0.3, -0.25) is 0 Å². The van der Waals surface area contributed by atoms with Crippen LogP contribution in [0.4, 0.5) is 0 Å². The molecule has 3 aromatic rings. The van der Waals surface area contributed by atoms with Crippen molar-refractivity contribution in [1.29, 1.82) is 0 Å². The Kier molecular flexibility index (Phi) is 5.46. The summed E-state index contributed by atoms with van der Waals surface area (Å²) in [5.74, 6) is 0.172. The summed E-state index contributed by atoms with van der Waals surface area (Å²) < 4.78 is 7.82. The molecular weight excluding hydrogens is 406 g/mol. The summed E-state index contributed by atoms with van der Waals surface area (Å²) >= 11 is 2.87. The number of allylic oxidation sites excluding steroid dienone is 1. The topological polar surface area (TPSA) is 70.6 Å². The van der Waals surface area contributed by atoms with Crippen molar-refractivity contribution in [3.8, 4) is 28.5 Å². The zero-order valence-corrected chi connectivity index (χ0v) is 16.4. The average Bonchev–Trinajstić information content (AvgIpc) is 3.19. The first-order chi connectivity index (χ1) is 12.6. The monoisotopic (exact) mass is 419 g/mol. The minimum absolute atomic E-state index is 0. The molecule has 0 saturated carbocycles. The van der Waals surface area contributed by atoms with Crippen LogP contribution in [-0.2, 0) is 0 Å². The summed E-state index contributed by atoms with van der Waals surface area (Å²) in [5.41, 5.74) is 2.18. The van der Waals surface area contributed by atoms with Gasteiger partial charge in [0.1, 0.15) is 10.7 Å². The number of benzene rings is 2. The molecule has 138 valence electrons. The number of ether oxygens (including phenoxy) is 1. The fourth-order valence-corrected chi connectivity index (χ4v) is 4.89. The number of phenols is 2. The number of carbonyl (C=O) groups excluding carboxylic acids is 1. The highest BCUT2D eigenvalue weighted by Gasteiger charge is 2.41. The lowest BCUT2D eigenvalue weighted by Gasteiger charge is -2.03. The first-order valence-corrected chi connectivity index (χ1v) is 9.41. The van der Waals surface area contributed by atoms with Crippen molar-refractivity contribution in [2.45, 2.75) is 4.34 Å². The van der Waals surface area contributed by atoms with Crippen LogP contribution in [0.1, 0.15) is 10.4 Å². The lowest BCUT2D eigenvalue weighted by atomic mass is 10.1. The third-order valence-corrected chi connectivity index (χ3v) is 6.14. The van der Waals surface area contributed by atoms with Crippen LogP contribution >= 0.6 is 23.1 Å². The molecule has 1 aromatic heterocycles. The van der Waals surface area contributed by atoms with E-state index in [1.165, 1.54) is 35.2 Å². The molecule has 1 aliphatic rings. The second-order valence-electron chi connectivity index (χ2n) is 5.58. The summed E-state index contributed by atoms with van der Waals surface area (Å²) in [7, 11) is 1.60. The molecule has 0 atom stereocenters. The maximum Gasteiger partial charge on any atom is 0.433 e. The van der Waals surface area contributed by atoms with Crippen molar-refractivity contribution < 1.29 is 36.7 Å². The Bertz CT molecular complexity index is 1060. The minimum atomic E-state index is -0.217. The summed E-state index contributed by atoms with van der Waals surface area (Å²) in [6.45, 7) is 0. The van der Waals surface area contributed by atoms with Gasteiger partial charge in [-0.25, -0.2) is 4.79 Å². The van der Waals surface area contributed by atoms with E-state index in [-0.39, 0.29) is 29.8 Å². The van der Waals surface area contributed by atoms with Crippen LogP contribution in [-0.4, -0.2) is 23.2 Å². The summed E-state index contributed by atoms with van der Waals surface area (Å²) in [6, 6.07) is 12.1. The highest BCUT2D eigenvalue weighted by molar-refractivity contribution is 8.05. The highest BCUT2D eigenvalue weighted by Crippen LogP contribution is 2.39. The number of aromatic hydroxyl groups is 2. The van der Waals surface area contributed by atoms with Crippen molar-refractivity contribution in [2.24, 2.45) is 0 Å². The SMILES string of the molecule is COc1ccccc1/C=C1\Sc2scc(-c3ccc(O)c(O)c3)[n+]2C1=O.[Cl-]. The Hall–Kier alpha value is -2.48. The summed E-state index contributed by atoms with van der Waals surface area (Å²) in [4.78, 5) is 13.5. The Morgan fingerprint density at radius 3 is 2.63 bits per heavy atom. The fraction of sp³-hybridized carbons (Fsp3) is 0.0526. The molecule has 4 rings (SSSR count).